The van der Waals surface area contributed by atoms with Crippen molar-refractivity contribution in [2.24, 2.45) is 5.92 Å². The Morgan fingerprint density at radius 3 is 2.38 bits per heavy atom. The van der Waals surface area contributed by atoms with Crippen LogP contribution < -0.4 is 4.72 Å². The van der Waals surface area contributed by atoms with E-state index in [-0.39, 0.29) is 29.4 Å². The molecular weight excluding hydrogens is 382 g/mol. The molecule has 0 spiro atoms. The largest absolute Gasteiger partial charge is 0.454 e. The Kier molecular flexibility index (Phi) is 6.07. The highest BCUT2D eigenvalue weighted by molar-refractivity contribution is 7.92. The fraction of sp³-hybridized carbons (Fsp3) is 0.500. The molecule has 0 amide bonds. The lowest BCUT2D eigenvalue weighted by Gasteiger charge is -2.14. The molecule has 26 heavy (non-hydrogen) atoms. The summed E-state index contributed by atoms with van der Waals surface area (Å²) in [5, 5.41) is 0. The Balaban J connectivity index is 1.91. The van der Waals surface area contributed by atoms with Crippen molar-refractivity contribution in [2.75, 3.05) is 22.5 Å². The summed E-state index contributed by atoms with van der Waals surface area (Å²) >= 11 is 0. The van der Waals surface area contributed by atoms with E-state index in [2.05, 4.69) is 4.72 Å². The fourth-order valence-corrected chi connectivity index (χ4v) is 5.14. The fourth-order valence-electron chi connectivity index (χ4n) is 2.72. The number of rotatable bonds is 7. The molecule has 1 fully saturated rings. The van der Waals surface area contributed by atoms with Crippen molar-refractivity contribution >= 4 is 37.3 Å². The van der Waals surface area contributed by atoms with Crippen LogP contribution in [0.2, 0.25) is 0 Å². The van der Waals surface area contributed by atoms with Gasteiger partial charge in [-0.25, -0.2) is 16.8 Å². The number of nitrogens with one attached hydrogen (secondary N) is 1. The number of hydrogen-bond acceptors (Lipinski definition) is 7. The molecule has 2 atom stereocenters. The maximum atomic E-state index is 12.3. The minimum absolute atomic E-state index is 0.0285. The van der Waals surface area contributed by atoms with Crippen LogP contribution in [-0.2, 0) is 29.4 Å². The van der Waals surface area contributed by atoms with Crippen LogP contribution in [-0.4, -0.2) is 52.5 Å². The molecule has 144 valence electrons. The van der Waals surface area contributed by atoms with Gasteiger partial charge in [0.25, 0.3) is 0 Å². The van der Waals surface area contributed by atoms with E-state index in [0.29, 0.717) is 12.1 Å². The van der Waals surface area contributed by atoms with Gasteiger partial charge in [0.05, 0.1) is 17.8 Å². The lowest BCUT2D eigenvalue weighted by Crippen LogP contribution is -2.25. The zero-order chi connectivity index (χ0) is 19.5. The van der Waals surface area contributed by atoms with Crippen molar-refractivity contribution in [3.8, 4) is 0 Å². The van der Waals surface area contributed by atoms with Gasteiger partial charge in [-0.05, 0) is 43.5 Å². The average molecular weight is 403 g/mol. The molecule has 0 aliphatic carbocycles. The Morgan fingerprint density at radius 1 is 1.27 bits per heavy atom. The highest BCUT2D eigenvalue weighted by atomic mass is 32.2. The van der Waals surface area contributed by atoms with Crippen LogP contribution in [0.15, 0.2) is 24.3 Å². The van der Waals surface area contributed by atoms with Gasteiger partial charge in [-0.2, -0.15) is 0 Å². The maximum Gasteiger partial charge on any atom is 0.306 e. The summed E-state index contributed by atoms with van der Waals surface area (Å²) in [7, 11) is -6.48. The minimum atomic E-state index is -3.41. The Hall–Kier alpha value is -1.94. The van der Waals surface area contributed by atoms with E-state index in [9.17, 15) is 26.4 Å². The molecule has 0 aromatic heterocycles. The molecule has 1 aliphatic rings. The van der Waals surface area contributed by atoms with Crippen molar-refractivity contribution in [1.29, 1.82) is 0 Å². The summed E-state index contributed by atoms with van der Waals surface area (Å²) in [6.45, 7) is 1.44. The summed E-state index contributed by atoms with van der Waals surface area (Å²) in [5.74, 6) is -1.25. The number of sulfonamides is 1. The van der Waals surface area contributed by atoms with Gasteiger partial charge in [0.2, 0.25) is 15.8 Å². The molecule has 1 N–H and O–H groups in total. The monoisotopic (exact) mass is 403 g/mol. The lowest BCUT2D eigenvalue weighted by molar-refractivity contribution is -0.147. The van der Waals surface area contributed by atoms with E-state index in [1.807, 2.05) is 0 Å². The second-order valence-electron chi connectivity index (χ2n) is 6.42. The molecule has 2 unspecified atom stereocenters. The van der Waals surface area contributed by atoms with Gasteiger partial charge in [-0.1, -0.05) is 0 Å². The summed E-state index contributed by atoms with van der Waals surface area (Å²) in [4.78, 5) is 24.2. The van der Waals surface area contributed by atoms with E-state index in [0.717, 1.165) is 6.26 Å². The van der Waals surface area contributed by atoms with Gasteiger partial charge in [0.15, 0.2) is 15.9 Å². The molecule has 1 aromatic rings. The number of sulfone groups is 1. The van der Waals surface area contributed by atoms with Gasteiger partial charge in [-0.3, -0.25) is 14.3 Å². The van der Waals surface area contributed by atoms with Gasteiger partial charge in [0, 0.05) is 17.7 Å². The molecular formula is C16H21NO7S2. The average Bonchev–Trinajstić information content (AvgIpc) is 2.84. The van der Waals surface area contributed by atoms with Crippen molar-refractivity contribution < 1.29 is 31.2 Å². The zero-order valence-electron chi connectivity index (χ0n) is 14.5. The van der Waals surface area contributed by atoms with E-state index in [1.54, 1.807) is 0 Å². The molecule has 1 saturated heterocycles. The smallest absolute Gasteiger partial charge is 0.306 e. The van der Waals surface area contributed by atoms with Crippen LogP contribution in [0, 0.1) is 5.92 Å². The van der Waals surface area contributed by atoms with Crippen LogP contribution in [0.1, 0.15) is 30.1 Å². The zero-order valence-corrected chi connectivity index (χ0v) is 16.1. The van der Waals surface area contributed by atoms with E-state index < -0.39 is 37.7 Å². The molecule has 0 saturated carbocycles. The van der Waals surface area contributed by atoms with Crippen molar-refractivity contribution in [3.05, 3.63) is 29.8 Å². The second kappa shape index (κ2) is 7.75. The van der Waals surface area contributed by atoms with Gasteiger partial charge in [-0.15, -0.1) is 0 Å². The van der Waals surface area contributed by atoms with Crippen molar-refractivity contribution in [2.45, 2.75) is 25.9 Å². The van der Waals surface area contributed by atoms with E-state index in [1.165, 1.54) is 31.2 Å². The number of carbonyl (C=O) groups excluding carboxylic acids is 2. The molecule has 1 aliphatic heterocycles. The third-order valence-corrected chi connectivity index (χ3v) is 6.38. The number of ether oxygens (including phenoxy) is 1. The number of carbonyl (C=O) groups is 2. The number of benzene rings is 1. The van der Waals surface area contributed by atoms with Crippen molar-refractivity contribution in [3.63, 3.8) is 0 Å². The highest BCUT2D eigenvalue weighted by Crippen LogP contribution is 2.22. The first-order chi connectivity index (χ1) is 12.0. The van der Waals surface area contributed by atoms with Crippen molar-refractivity contribution in [1.82, 2.24) is 0 Å². The quantitative estimate of drug-likeness (QED) is 0.532. The third kappa shape index (κ3) is 6.10. The topological polar surface area (TPSA) is 124 Å². The third-order valence-electron chi connectivity index (χ3n) is 3.93. The Bertz CT molecular complexity index is 889. The predicted molar refractivity (Wildman–Crippen MR) is 96.2 cm³/mol. The van der Waals surface area contributed by atoms with Gasteiger partial charge < -0.3 is 4.74 Å². The standard InChI is InChI=1S/C16H21NO7S2/c1-11(24-15(18)9-12-7-8-26(22,23)10-12)16(19)13-3-5-14(6-4-13)17-25(2,20)21/h3-6,11-12,17H,7-10H2,1-2H3. The van der Waals surface area contributed by atoms with Crippen LogP contribution in [0.4, 0.5) is 5.69 Å². The second-order valence-corrected chi connectivity index (χ2v) is 10.4. The number of ketones is 1. The molecule has 1 aromatic carbocycles. The van der Waals surface area contributed by atoms with Gasteiger partial charge in [0.1, 0.15) is 0 Å². The molecule has 8 nitrogen and oxygen atoms in total. The number of Topliss-reactive ketones (excluding diaryl/α,β-unsaturated/α-hetero) is 1. The first-order valence-electron chi connectivity index (χ1n) is 7.97. The molecule has 10 heteroatoms. The SMILES string of the molecule is CC(OC(=O)CC1CCS(=O)(=O)C1)C(=O)c1ccc(NS(C)(=O)=O)cc1. The maximum absolute atomic E-state index is 12.3. The molecule has 2 rings (SSSR count). The molecule has 1 heterocycles. The van der Waals surface area contributed by atoms with Crippen LogP contribution >= 0.6 is 0 Å². The summed E-state index contributed by atoms with van der Waals surface area (Å²) in [6, 6.07) is 5.74. The minimum Gasteiger partial charge on any atom is -0.454 e. The van der Waals surface area contributed by atoms with Crippen LogP contribution in [0.25, 0.3) is 0 Å². The predicted octanol–water partition coefficient (Wildman–Crippen LogP) is 0.997. The van der Waals surface area contributed by atoms with Crippen LogP contribution in [0.5, 0.6) is 0 Å². The molecule has 0 radical (unpaired) electrons. The van der Waals surface area contributed by atoms with E-state index >= 15 is 0 Å². The summed E-state index contributed by atoms with van der Waals surface area (Å²) in [5.41, 5.74) is 0.587. The summed E-state index contributed by atoms with van der Waals surface area (Å²) < 4.78 is 52.5. The Labute approximate surface area is 152 Å². The Morgan fingerprint density at radius 2 is 1.88 bits per heavy atom. The van der Waals surface area contributed by atoms with Crippen LogP contribution in [0.3, 0.4) is 0 Å². The molecule has 0 bridgehead atoms. The lowest BCUT2D eigenvalue weighted by atomic mass is 10.0. The first-order valence-corrected chi connectivity index (χ1v) is 11.7. The first kappa shape index (κ1) is 20.4. The number of anilines is 1. The number of esters is 1. The highest BCUT2D eigenvalue weighted by Gasteiger charge is 2.30. The summed E-state index contributed by atoms with van der Waals surface area (Å²) in [6.07, 6.45) is 0.389. The normalized spacial score (nSPS) is 20.3. The van der Waals surface area contributed by atoms with Gasteiger partial charge >= 0.3 is 5.97 Å². The van der Waals surface area contributed by atoms with E-state index in [4.69, 9.17) is 4.74 Å². The number of hydrogen-bond donors (Lipinski definition) is 1.